The van der Waals surface area contributed by atoms with Gasteiger partial charge in [0.25, 0.3) is 0 Å². The maximum Gasteiger partial charge on any atom is 0.0447 e. The molecule has 0 aromatic heterocycles. The zero-order chi connectivity index (χ0) is 11.3. The van der Waals surface area contributed by atoms with Crippen LogP contribution < -0.4 is 10.6 Å². The molecule has 3 N–H and O–H groups in total. The monoisotopic (exact) mass is 208 g/mol. The van der Waals surface area contributed by atoms with Gasteiger partial charge in [-0.05, 0) is 44.0 Å². The Morgan fingerprint density at radius 1 is 1.33 bits per heavy atom. The molecule has 0 bridgehead atoms. The predicted molar refractivity (Wildman–Crippen MR) is 65.2 cm³/mol. The van der Waals surface area contributed by atoms with Gasteiger partial charge in [-0.15, -0.1) is 0 Å². The van der Waals surface area contributed by atoms with Gasteiger partial charge < -0.3 is 15.7 Å². The molecule has 0 radical (unpaired) electrons. The number of nitrogen functional groups attached to an aromatic ring is 1. The number of hydrogen-bond donors (Lipinski definition) is 2. The summed E-state index contributed by atoms with van der Waals surface area (Å²) in [4.78, 5) is 2.22. The maximum atomic E-state index is 8.82. The lowest BCUT2D eigenvalue weighted by molar-refractivity contribution is 0.289. The highest BCUT2D eigenvalue weighted by Gasteiger charge is 2.04. The van der Waals surface area contributed by atoms with Crippen molar-refractivity contribution in [3.05, 3.63) is 23.8 Å². The van der Waals surface area contributed by atoms with Gasteiger partial charge in [-0.1, -0.05) is 0 Å². The second-order valence-corrected chi connectivity index (χ2v) is 3.76. The summed E-state index contributed by atoms with van der Waals surface area (Å²) in [7, 11) is 0. The minimum absolute atomic E-state index is 0.234. The number of benzene rings is 1. The maximum absolute atomic E-state index is 8.82. The van der Waals surface area contributed by atoms with E-state index in [0.717, 1.165) is 30.9 Å². The van der Waals surface area contributed by atoms with Crippen LogP contribution in [0.5, 0.6) is 0 Å². The van der Waals surface area contributed by atoms with E-state index in [-0.39, 0.29) is 6.61 Å². The van der Waals surface area contributed by atoms with Crippen molar-refractivity contribution in [1.82, 2.24) is 0 Å². The summed E-state index contributed by atoms with van der Waals surface area (Å²) in [6.07, 6.45) is 0.793. The van der Waals surface area contributed by atoms with Crippen LogP contribution >= 0.6 is 0 Å². The molecule has 0 atom stereocenters. The summed E-state index contributed by atoms with van der Waals surface area (Å²) >= 11 is 0. The molecule has 1 aromatic carbocycles. The van der Waals surface area contributed by atoms with E-state index >= 15 is 0 Å². The summed E-state index contributed by atoms with van der Waals surface area (Å²) in [6.45, 7) is 6.19. The molecular weight excluding hydrogens is 188 g/mol. The molecule has 15 heavy (non-hydrogen) atoms. The molecule has 1 aromatic rings. The third kappa shape index (κ3) is 3.44. The van der Waals surface area contributed by atoms with E-state index in [1.54, 1.807) is 0 Å². The van der Waals surface area contributed by atoms with Gasteiger partial charge in [0.2, 0.25) is 0 Å². The number of nitrogens with two attached hydrogens (primary N) is 1. The molecule has 0 aliphatic heterocycles. The average Bonchev–Trinajstić information content (AvgIpc) is 2.17. The van der Waals surface area contributed by atoms with Crippen molar-refractivity contribution in [3.63, 3.8) is 0 Å². The molecule has 0 aliphatic carbocycles. The molecule has 0 fully saturated rings. The molecule has 0 amide bonds. The molecule has 3 heteroatoms. The van der Waals surface area contributed by atoms with Gasteiger partial charge in [0.05, 0.1) is 0 Å². The number of aliphatic hydroxyl groups excluding tert-OH is 1. The van der Waals surface area contributed by atoms with E-state index in [2.05, 4.69) is 17.9 Å². The van der Waals surface area contributed by atoms with Crippen molar-refractivity contribution in [2.45, 2.75) is 20.3 Å². The van der Waals surface area contributed by atoms with E-state index in [9.17, 15) is 0 Å². The second-order valence-electron chi connectivity index (χ2n) is 3.76. The van der Waals surface area contributed by atoms with Gasteiger partial charge in [-0.25, -0.2) is 0 Å². The topological polar surface area (TPSA) is 49.5 Å². The van der Waals surface area contributed by atoms with Crippen molar-refractivity contribution in [2.24, 2.45) is 0 Å². The molecule has 0 unspecified atom stereocenters. The number of aryl methyl sites for hydroxylation is 1. The molecule has 84 valence electrons. The number of anilines is 2. The van der Waals surface area contributed by atoms with E-state index in [0.29, 0.717) is 0 Å². The van der Waals surface area contributed by atoms with Crippen LogP contribution in [0.25, 0.3) is 0 Å². The third-order valence-corrected chi connectivity index (χ3v) is 2.42. The minimum atomic E-state index is 0.234. The van der Waals surface area contributed by atoms with Gasteiger partial charge in [-0.2, -0.15) is 0 Å². The molecule has 0 aliphatic rings. The minimum Gasteiger partial charge on any atom is -0.399 e. The Kier molecular flexibility index (Phi) is 4.43. The molecule has 0 saturated carbocycles. The SMILES string of the molecule is CCN(CCCO)c1cc(C)cc(N)c1. The molecule has 0 heterocycles. The second kappa shape index (κ2) is 5.61. The van der Waals surface area contributed by atoms with Crippen molar-refractivity contribution < 1.29 is 5.11 Å². The van der Waals surface area contributed by atoms with Gasteiger partial charge in [-0.3, -0.25) is 0 Å². The Morgan fingerprint density at radius 3 is 2.60 bits per heavy atom. The Morgan fingerprint density at radius 2 is 2.07 bits per heavy atom. The van der Waals surface area contributed by atoms with E-state index in [4.69, 9.17) is 10.8 Å². The van der Waals surface area contributed by atoms with E-state index in [1.807, 2.05) is 19.1 Å². The summed E-state index contributed by atoms with van der Waals surface area (Å²) < 4.78 is 0. The number of nitrogens with zero attached hydrogens (tertiary/aromatic N) is 1. The van der Waals surface area contributed by atoms with Crippen LogP contribution in [0.3, 0.4) is 0 Å². The van der Waals surface area contributed by atoms with Crippen molar-refractivity contribution in [1.29, 1.82) is 0 Å². The standard InChI is InChI=1S/C12H20N2O/c1-3-14(5-4-6-15)12-8-10(2)7-11(13)9-12/h7-9,15H,3-6,13H2,1-2H3. The first kappa shape index (κ1) is 11.9. The number of hydrogen-bond acceptors (Lipinski definition) is 3. The van der Waals surface area contributed by atoms with Crippen LogP contribution in [0.2, 0.25) is 0 Å². The lowest BCUT2D eigenvalue weighted by Gasteiger charge is -2.23. The summed E-state index contributed by atoms with van der Waals surface area (Å²) in [5, 5.41) is 8.82. The molecular formula is C12H20N2O. The number of rotatable bonds is 5. The van der Waals surface area contributed by atoms with Crippen LogP contribution in [0.4, 0.5) is 11.4 Å². The van der Waals surface area contributed by atoms with Gasteiger partial charge in [0.1, 0.15) is 0 Å². The quantitative estimate of drug-likeness (QED) is 0.725. The average molecular weight is 208 g/mol. The first-order valence-electron chi connectivity index (χ1n) is 5.40. The van der Waals surface area contributed by atoms with Gasteiger partial charge in [0, 0.05) is 31.1 Å². The largest absolute Gasteiger partial charge is 0.399 e. The highest BCUT2D eigenvalue weighted by molar-refractivity contribution is 5.58. The normalized spacial score (nSPS) is 10.3. The molecule has 1 rings (SSSR count). The van der Waals surface area contributed by atoms with E-state index < -0.39 is 0 Å². The fourth-order valence-electron chi connectivity index (χ4n) is 1.71. The van der Waals surface area contributed by atoms with Crippen molar-refractivity contribution in [2.75, 3.05) is 30.3 Å². The highest BCUT2D eigenvalue weighted by Crippen LogP contribution is 2.20. The predicted octanol–water partition coefficient (Wildman–Crippen LogP) is 1.79. The van der Waals surface area contributed by atoms with Crippen LogP contribution in [0.15, 0.2) is 18.2 Å². The summed E-state index contributed by atoms with van der Waals surface area (Å²) in [5.41, 5.74) is 8.92. The fourth-order valence-corrected chi connectivity index (χ4v) is 1.71. The Hall–Kier alpha value is -1.22. The van der Waals surface area contributed by atoms with Crippen molar-refractivity contribution in [3.8, 4) is 0 Å². The van der Waals surface area contributed by atoms with Crippen LogP contribution in [0.1, 0.15) is 18.9 Å². The first-order chi connectivity index (χ1) is 7.17. The summed E-state index contributed by atoms with van der Waals surface area (Å²) in [6, 6.07) is 6.06. The summed E-state index contributed by atoms with van der Waals surface area (Å²) in [5.74, 6) is 0. The smallest absolute Gasteiger partial charge is 0.0447 e. The number of aliphatic hydroxyl groups is 1. The van der Waals surface area contributed by atoms with Crippen molar-refractivity contribution >= 4 is 11.4 Å². The third-order valence-electron chi connectivity index (χ3n) is 2.42. The molecule has 0 spiro atoms. The lowest BCUT2D eigenvalue weighted by Crippen LogP contribution is -2.24. The Bertz CT molecular complexity index is 292. The highest BCUT2D eigenvalue weighted by atomic mass is 16.3. The fraction of sp³-hybridized carbons (Fsp3) is 0.500. The van der Waals surface area contributed by atoms with Gasteiger partial charge in [0.15, 0.2) is 0 Å². The van der Waals surface area contributed by atoms with Crippen LogP contribution in [-0.2, 0) is 0 Å². The molecule has 0 saturated heterocycles. The van der Waals surface area contributed by atoms with Crippen LogP contribution in [0, 0.1) is 6.92 Å². The zero-order valence-corrected chi connectivity index (χ0v) is 9.53. The lowest BCUT2D eigenvalue weighted by atomic mass is 10.1. The molecule has 3 nitrogen and oxygen atoms in total. The Balaban J connectivity index is 2.81. The first-order valence-corrected chi connectivity index (χ1v) is 5.40. The Labute approximate surface area is 91.5 Å². The van der Waals surface area contributed by atoms with Gasteiger partial charge >= 0.3 is 0 Å². The van der Waals surface area contributed by atoms with Crippen LogP contribution in [-0.4, -0.2) is 24.8 Å². The van der Waals surface area contributed by atoms with E-state index in [1.165, 1.54) is 5.56 Å². The zero-order valence-electron chi connectivity index (χ0n) is 9.53.